The maximum Gasteiger partial charge on any atom is 0.0894 e. The van der Waals surface area contributed by atoms with E-state index in [0.29, 0.717) is 6.04 Å². The first-order valence-electron chi connectivity index (χ1n) is 7.57. The van der Waals surface area contributed by atoms with Gasteiger partial charge in [0.15, 0.2) is 0 Å². The van der Waals surface area contributed by atoms with Gasteiger partial charge in [0.05, 0.1) is 23.8 Å². The Bertz CT molecular complexity index is 529. The zero-order valence-corrected chi connectivity index (χ0v) is 12.0. The Morgan fingerprint density at radius 3 is 2.75 bits per heavy atom. The predicted molar refractivity (Wildman–Crippen MR) is 81.0 cm³/mol. The Hall–Kier alpha value is -1.84. The van der Waals surface area contributed by atoms with Gasteiger partial charge in [-0.3, -0.25) is 0 Å². The predicted octanol–water partition coefficient (Wildman–Crippen LogP) is 3.65. The van der Waals surface area contributed by atoms with Crippen LogP contribution in [0, 0.1) is 5.92 Å². The second kappa shape index (κ2) is 6.07. The van der Waals surface area contributed by atoms with Crippen LogP contribution in [0.1, 0.15) is 39.0 Å². The summed E-state index contributed by atoms with van der Waals surface area (Å²) >= 11 is 0. The normalized spacial score (nSPS) is 17.9. The van der Waals surface area contributed by atoms with E-state index in [1.54, 1.807) is 6.20 Å². The number of nitrogens with one attached hydrogen (secondary N) is 1. The Kier molecular flexibility index (Phi) is 4.00. The minimum atomic E-state index is 0.500. The van der Waals surface area contributed by atoms with Gasteiger partial charge in [-0.1, -0.05) is 36.6 Å². The lowest BCUT2D eigenvalue weighted by Gasteiger charge is -2.29. The molecule has 4 nitrogen and oxygen atoms in total. The van der Waals surface area contributed by atoms with Crippen LogP contribution in [-0.4, -0.2) is 21.0 Å². The fourth-order valence-corrected chi connectivity index (χ4v) is 3.13. The van der Waals surface area contributed by atoms with E-state index in [4.69, 9.17) is 0 Å². The van der Waals surface area contributed by atoms with Crippen LogP contribution in [0.5, 0.6) is 0 Å². The lowest BCUT2D eigenvalue weighted by atomic mass is 9.84. The maximum atomic E-state index is 4.09. The van der Waals surface area contributed by atoms with Gasteiger partial charge in [0, 0.05) is 6.04 Å². The number of hydrogen-bond acceptors (Lipinski definition) is 3. The van der Waals surface area contributed by atoms with Crippen molar-refractivity contribution < 1.29 is 0 Å². The molecule has 0 bridgehead atoms. The molecule has 1 unspecified atom stereocenters. The molecule has 1 N–H and O–H groups in total. The topological polar surface area (TPSA) is 42.7 Å². The molecule has 0 amide bonds. The number of benzene rings is 1. The van der Waals surface area contributed by atoms with Crippen LogP contribution >= 0.6 is 0 Å². The molecule has 106 valence electrons. The van der Waals surface area contributed by atoms with Crippen molar-refractivity contribution in [3.05, 3.63) is 36.7 Å². The molecule has 0 saturated heterocycles. The van der Waals surface area contributed by atoms with Crippen LogP contribution in [0.25, 0.3) is 5.69 Å². The average molecular weight is 270 g/mol. The monoisotopic (exact) mass is 270 g/mol. The van der Waals surface area contributed by atoms with Crippen molar-refractivity contribution in [2.75, 3.05) is 5.32 Å². The Morgan fingerprint density at radius 2 is 2.00 bits per heavy atom. The highest BCUT2D eigenvalue weighted by Gasteiger charge is 2.20. The summed E-state index contributed by atoms with van der Waals surface area (Å²) in [5, 5.41) is 11.7. The third kappa shape index (κ3) is 2.84. The maximum absolute atomic E-state index is 4.09. The highest BCUT2D eigenvalue weighted by atomic mass is 15.4. The van der Waals surface area contributed by atoms with Gasteiger partial charge < -0.3 is 5.32 Å². The van der Waals surface area contributed by atoms with Crippen LogP contribution < -0.4 is 5.32 Å². The third-order valence-electron chi connectivity index (χ3n) is 4.31. The zero-order chi connectivity index (χ0) is 13.8. The van der Waals surface area contributed by atoms with Crippen molar-refractivity contribution in [3.63, 3.8) is 0 Å². The highest BCUT2D eigenvalue weighted by Crippen LogP contribution is 2.29. The van der Waals surface area contributed by atoms with Crippen molar-refractivity contribution in [2.24, 2.45) is 5.92 Å². The first-order chi connectivity index (χ1) is 9.84. The van der Waals surface area contributed by atoms with Gasteiger partial charge in [-0.15, -0.1) is 5.10 Å². The fourth-order valence-electron chi connectivity index (χ4n) is 3.13. The molecule has 4 heteroatoms. The first kappa shape index (κ1) is 13.2. The van der Waals surface area contributed by atoms with E-state index in [1.807, 2.05) is 16.9 Å². The molecule has 0 radical (unpaired) electrons. The first-order valence-corrected chi connectivity index (χ1v) is 7.57. The van der Waals surface area contributed by atoms with Crippen molar-refractivity contribution in [1.29, 1.82) is 0 Å². The van der Waals surface area contributed by atoms with E-state index < -0.39 is 0 Å². The molecule has 0 spiro atoms. The number of hydrogen-bond donors (Lipinski definition) is 1. The number of para-hydroxylation sites is 2. The van der Waals surface area contributed by atoms with Crippen molar-refractivity contribution in [3.8, 4) is 5.69 Å². The van der Waals surface area contributed by atoms with E-state index in [1.165, 1.54) is 32.1 Å². The van der Waals surface area contributed by atoms with E-state index in [0.717, 1.165) is 17.3 Å². The molecular formula is C16H22N4. The summed E-state index contributed by atoms with van der Waals surface area (Å²) in [5.74, 6) is 0.785. The van der Waals surface area contributed by atoms with Gasteiger partial charge in [-0.05, 0) is 37.8 Å². The van der Waals surface area contributed by atoms with E-state index >= 15 is 0 Å². The van der Waals surface area contributed by atoms with Crippen LogP contribution in [0.4, 0.5) is 5.69 Å². The molecule has 0 aliphatic heterocycles. The lowest BCUT2D eigenvalue weighted by Crippen LogP contribution is -2.28. The standard InChI is InChI=1S/C16H22N4/c1-13(14-7-3-2-4-8-14)18-15-9-5-6-10-16(15)20-12-11-17-19-20/h5-6,9-14,18H,2-4,7-8H2,1H3. The van der Waals surface area contributed by atoms with Gasteiger partial charge in [0.1, 0.15) is 0 Å². The van der Waals surface area contributed by atoms with Gasteiger partial charge in [-0.25, -0.2) is 4.68 Å². The number of anilines is 1. The number of nitrogens with zero attached hydrogens (tertiary/aromatic N) is 3. The zero-order valence-electron chi connectivity index (χ0n) is 12.0. The second-order valence-corrected chi connectivity index (χ2v) is 5.70. The van der Waals surface area contributed by atoms with Crippen LogP contribution in [-0.2, 0) is 0 Å². The van der Waals surface area contributed by atoms with Crippen LogP contribution in [0.3, 0.4) is 0 Å². The molecule has 2 aromatic rings. The molecule has 1 aliphatic rings. The van der Waals surface area contributed by atoms with Crippen molar-refractivity contribution in [2.45, 2.75) is 45.1 Å². The van der Waals surface area contributed by atoms with Crippen LogP contribution in [0.15, 0.2) is 36.7 Å². The Morgan fingerprint density at radius 1 is 1.20 bits per heavy atom. The molecule has 3 rings (SSSR count). The minimum Gasteiger partial charge on any atom is -0.381 e. The Labute approximate surface area is 120 Å². The molecule has 1 atom stereocenters. The smallest absolute Gasteiger partial charge is 0.0894 e. The number of aromatic nitrogens is 3. The summed E-state index contributed by atoms with van der Waals surface area (Å²) in [5.41, 5.74) is 2.20. The average Bonchev–Trinajstić information content (AvgIpc) is 3.03. The van der Waals surface area contributed by atoms with Gasteiger partial charge in [0.25, 0.3) is 0 Å². The lowest BCUT2D eigenvalue weighted by molar-refractivity contribution is 0.328. The highest BCUT2D eigenvalue weighted by molar-refractivity contribution is 5.60. The molecule has 1 fully saturated rings. The van der Waals surface area contributed by atoms with Gasteiger partial charge in [0.2, 0.25) is 0 Å². The van der Waals surface area contributed by atoms with Crippen LogP contribution in [0.2, 0.25) is 0 Å². The molecular weight excluding hydrogens is 248 g/mol. The fraction of sp³-hybridized carbons (Fsp3) is 0.500. The summed E-state index contributed by atoms with van der Waals surface area (Å²) in [4.78, 5) is 0. The molecule has 1 heterocycles. The quantitative estimate of drug-likeness (QED) is 0.922. The van der Waals surface area contributed by atoms with Crippen molar-refractivity contribution >= 4 is 5.69 Å². The summed E-state index contributed by atoms with van der Waals surface area (Å²) in [7, 11) is 0. The summed E-state index contributed by atoms with van der Waals surface area (Å²) < 4.78 is 1.82. The van der Waals surface area contributed by atoms with E-state index in [9.17, 15) is 0 Å². The SMILES string of the molecule is CC(Nc1ccccc1-n1ccnn1)C1CCCCC1. The molecule has 20 heavy (non-hydrogen) atoms. The minimum absolute atomic E-state index is 0.500. The largest absolute Gasteiger partial charge is 0.381 e. The summed E-state index contributed by atoms with van der Waals surface area (Å²) in [6.07, 6.45) is 10.4. The summed E-state index contributed by atoms with van der Waals surface area (Å²) in [6.45, 7) is 2.30. The Balaban J connectivity index is 1.77. The second-order valence-electron chi connectivity index (χ2n) is 5.70. The third-order valence-corrected chi connectivity index (χ3v) is 4.31. The van der Waals surface area contributed by atoms with Gasteiger partial charge >= 0.3 is 0 Å². The molecule has 1 aromatic carbocycles. The molecule has 1 saturated carbocycles. The molecule has 1 aromatic heterocycles. The van der Waals surface area contributed by atoms with Crippen molar-refractivity contribution in [1.82, 2.24) is 15.0 Å². The number of rotatable bonds is 4. The molecule has 1 aliphatic carbocycles. The van der Waals surface area contributed by atoms with E-state index in [-0.39, 0.29) is 0 Å². The summed E-state index contributed by atoms with van der Waals surface area (Å²) in [6, 6.07) is 8.80. The van der Waals surface area contributed by atoms with Gasteiger partial charge in [-0.2, -0.15) is 0 Å². The van der Waals surface area contributed by atoms with E-state index in [2.05, 4.69) is 40.8 Å².